The molecule has 0 atom stereocenters. The van der Waals surface area contributed by atoms with Crippen LogP contribution in [0.15, 0.2) is 45.8 Å². The van der Waals surface area contributed by atoms with Crippen molar-refractivity contribution in [2.45, 2.75) is 10.9 Å². The summed E-state index contributed by atoms with van der Waals surface area (Å²) >= 11 is 8.88. The second kappa shape index (κ2) is 7.10. The number of nitrogens with one attached hydrogen (secondary N) is 1. The van der Waals surface area contributed by atoms with Crippen molar-refractivity contribution in [3.8, 4) is 17.1 Å². The molecular weight excluding hydrogens is 394 g/mol. The van der Waals surface area contributed by atoms with Gasteiger partial charge in [-0.25, -0.2) is 9.97 Å². The van der Waals surface area contributed by atoms with Gasteiger partial charge in [0, 0.05) is 28.4 Å². The molecule has 0 saturated heterocycles. The molecule has 10 heteroatoms. The molecule has 3 aromatic heterocycles. The van der Waals surface area contributed by atoms with E-state index < -0.39 is 0 Å². The first-order valence-corrected chi connectivity index (χ1v) is 9.73. The summed E-state index contributed by atoms with van der Waals surface area (Å²) in [5.74, 6) is 1.71. The predicted octanol–water partition coefficient (Wildman–Crippen LogP) is 3.50. The molecule has 0 amide bonds. The highest BCUT2D eigenvalue weighted by Gasteiger charge is 2.13. The van der Waals surface area contributed by atoms with Crippen LogP contribution in [0, 0.1) is 0 Å². The van der Waals surface area contributed by atoms with Crippen LogP contribution in [0.25, 0.3) is 16.3 Å². The Morgan fingerprint density at radius 3 is 3.08 bits per heavy atom. The lowest BCUT2D eigenvalue weighted by atomic mass is 10.2. The number of halogens is 1. The number of aromatic nitrogens is 5. The molecule has 132 valence electrons. The molecule has 4 aromatic rings. The van der Waals surface area contributed by atoms with Gasteiger partial charge >= 0.3 is 0 Å². The van der Waals surface area contributed by atoms with Crippen molar-refractivity contribution >= 4 is 39.7 Å². The Labute approximate surface area is 161 Å². The molecule has 0 aliphatic heterocycles. The van der Waals surface area contributed by atoms with Gasteiger partial charge in [-0.1, -0.05) is 23.4 Å². The number of aromatic amines is 1. The fourth-order valence-electron chi connectivity index (χ4n) is 2.40. The van der Waals surface area contributed by atoms with Gasteiger partial charge in [0.2, 0.25) is 5.16 Å². The summed E-state index contributed by atoms with van der Waals surface area (Å²) in [6.07, 6.45) is 1.71. The molecule has 7 nitrogen and oxygen atoms in total. The number of fused-ring (bicyclic) bond motifs is 1. The van der Waals surface area contributed by atoms with Gasteiger partial charge < -0.3 is 4.74 Å². The summed E-state index contributed by atoms with van der Waals surface area (Å²) in [5, 5.41) is 10.1. The van der Waals surface area contributed by atoms with Crippen LogP contribution >= 0.6 is 34.7 Å². The van der Waals surface area contributed by atoms with E-state index in [1.54, 1.807) is 31.5 Å². The SMILES string of the molecule is COc1ccc(Cl)cc1-c1nc(SCc2cc(=O)n3ccsc3n2)n[nH]1. The molecule has 0 aliphatic carbocycles. The van der Waals surface area contributed by atoms with Crippen LogP contribution in [0.2, 0.25) is 5.02 Å². The van der Waals surface area contributed by atoms with E-state index >= 15 is 0 Å². The van der Waals surface area contributed by atoms with Crippen molar-refractivity contribution < 1.29 is 4.74 Å². The minimum atomic E-state index is -0.0915. The molecule has 1 N–H and O–H groups in total. The molecule has 0 bridgehead atoms. The van der Waals surface area contributed by atoms with Crippen molar-refractivity contribution in [2.24, 2.45) is 0 Å². The Morgan fingerprint density at radius 1 is 1.35 bits per heavy atom. The van der Waals surface area contributed by atoms with Gasteiger partial charge in [0.05, 0.1) is 18.4 Å². The monoisotopic (exact) mass is 405 g/mol. The lowest BCUT2D eigenvalue weighted by molar-refractivity contribution is 0.416. The summed E-state index contributed by atoms with van der Waals surface area (Å²) in [4.78, 5) is 21.6. The summed E-state index contributed by atoms with van der Waals surface area (Å²) in [6.45, 7) is 0. The number of benzene rings is 1. The van der Waals surface area contributed by atoms with Crippen LogP contribution in [0.4, 0.5) is 0 Å². The maximum atomic E-state index is 12.0. The first kappa shape index (κ1) is 17.1. The zero-order chi connectivity index (χ0) is 18.1. The van der Waals surface area contributed by atoms with Gasteiger partial charge in [0.15, 0.2) is 10.8 Å². The van der Waals surface area contributed by atoms with Gasteiger partial charge in [0.25, 0.3) is 5.56 Å². The van der Waals surface area contributed by atoms with Crippen LogP contribution in [0.1, 0.15) is 5.69 Å². The molecule has 0 saturated carbocycles. The third kappa shape index (κ3) is 3.33. The van der Waals surface area contributed by atoms with Crippen molar-refractivity contribution in [2.75, 3.05) is 7.11 Å². The largest absolute Gasteiger partial charge is 0.496 e. The molecule has 1 aromatic carbocycles. The third-order valence-corrected chi connectivity index (χ3v) is 5.46. The number of hydrogen-bond acceptors (Lipinski definition) is 7. The van der Waals surface area contributed by atoms with Crippen molar-refractivity contribution in [3.05, 3.63) is 56.9 Å². The fraction of sp³-hybridized carbons (Fsp3) is 0.125. The Balaban J connectivity index is 1.55. The predicted molar refractivity (Wildman–Crippen MR) is 102 cm³/mol. The molecule has 0 spiro atoms. The van der Waals surface area contributed by atoms with Gasteiger partial charge in [0.1, 0.15) is 5.75 Å². The minimum Gasteiger partial charge on any atom is -0.496 e. The van der Waals surface area contributed by atoms with E-state index in [0.29, 0.717) is 38.2 Å². The van der Waals surface area contributed by atoms with Gasteiger partial charge in [-0.15, -0.1) is 16.4 Å². The second-order valence-corrected chi connectivity index (χ2v) is 7.49. The van der Waals surface area contributed by atoms with E-state index in [4.69, 9.17) is 16.3 Å². The molecule has 3 heterocycles. The molecule has 0 fully saturated rings. The number of thioether (sulfide) groups is 1. The number of methoxy groups -OCH3 is 1. The highest BCUT2D eigenvalue weighted by atomic mass is 35.5. The number of thiazole rings is 1. The third-order valence-electron chi connectivity index (χ3n) is 3.59. The van der Waals surface area contributed by atoms with Crippen molar-refractivity contribution in [3.63, 3.8) is 0 Å². The Bertz CT molecular complexity index is 1140. The highest BCUT2D eigenvalue weighted by molar-refractivity contribution is 7.98. The van der Waals surface area contributed by atoms with E-state index in [0.717, 1.165) is 5.56 Å². The number of rotatable bonds is 5. The maximum Gasteiger partial charge on any atom is 0.258 e. The number of hydrogen-bond donors (Lipinski definition) is 1. The van der Waals surface area contributed by atoms with E-state index in [1.165, 1.54) is 33.6 Å². The first-order valence-electron chi connectivity index (χ1n) is 7.49. The number of ether oxygens (including phenoxy) is 1. The quantitative estimate of drug-likeness (QED) is 0.511. The van der Waals surface area contributed by atoms with Crippen molar-refractivity contribution in [1.82, 2.24) is 24.6 Å². The van der Waals surface area contributed by atoms with E-state index in [1.807, 2.05) is 5.38 Å². The molecular formula is C16H12ClN5O2S2. The normalized spacial score (nSPS) is 11.2. The minimum absolute atomic E-state index is 0.0915. The lowest BCUT2D eigenvalue weighted by Gasteiger charge is -2.05. The van der Waals surface area contributed by atoms with Gasteiger partial charge in [-0.2, -0.15) is 0 Å². The second-order valence-electron chi connectivity index (χ2n) is 5.24. The lowest BCUT2D eigenvalue weighted by Crippen LogP contribution is -2.12. The Morgan fingerprint density at radius 2 is 2.23 bits per heavy atom. The Kier molecular flexibility index (Phi) is 4.66. The Hall–Kier alpha value is -2.36. The van der Waals surface area contributed by atoms with Gasteiger partial charge in [-0.05, 0) is 18.2 Å². The van der Waals surface area contributed by atoms with Crippen LogP contribution in [-0.2, 0) is 5.75 Å². The van der Waals surface area contributed by atoms with Crippen LogP contribution in [0.3, 0.4) is 0 Å². The van der Waals surface area contributed by atoms with E-state index in [2.05, 4.69) is 20.2 Å². The zero-order valence-corrected chi connectivity index (χ0v) is 15.9. The van der Waals surface area contributed by atoms with Crippen molar-refractivity contribution in [1.29, 1.82) is 0 Å². The molecule has 0 unspecified atom stereocenters. The number of H-pyrrole nitrogens is 1. The highest BCUT2D eigenvalue weighted by Crippen LogP contribution is 2.31. The van der Waals surface area contributed by atoms with Crippen LogP contribution in [0.5, 0.6) is 5.75 Å². The molecule has 4 rings (SSSR count). The zero-order valence-electron chi connectivity index (χ0n) is 13.5. The first-order chi connectivity index (χ1) is 12.6. The molecule has 0 aliphatic rings. The summed E-state index contributed by atoms with van der Waals surface area (Å²) in [7, 11) is 1.59. The summed E-state index contributed by atoms with van der Waals surface area (Å²) < 4.78 is 6.86. The molecule has 26 heavy (non-hydrogen) atoms. The maximum absolute atomic E-state index is 12.0. The fourth-order valence-corrected chi connectivity index (χ4v) is 4.00. The summed E-state index contributed by atoms with van der Waals surface area (Å²) in [5.41, 5.74) is 1.33. The number of nitrogens with zero attached hydrogens (tertiary/aromatic N) is 4. The van der Waals surface area contributed by atoms with E-state index in [9.17, 15) is 4.79 Å². The standard InChI is InChI=1S/C16H12ClN5O2S2/c1-24-12-3-2-9(17)6-11(12)14-19-15(21-20-14)26-8-10-7-13(23)22-4-5-25-16(22)18-10/h2-7H,8H2,1H3,(H,19,20,21). The summed E-state index contributed by atoms with van der Waals surface area (Å²) in [6, 6.07) is 6.82. The molecule has 0 radical (unpaired) electrons. The topological polar surface area (TPSA) is 85.2 Å². The smallest absolute Gasteiger partial charge is 0.258 e. The van der Waals surface area contributed by atoms with Crippen LogP contribution in [-0.4, -0.2) is 31.7 Å². The van der Waals surface area contributed by atoms with E-state index in [-0.39, 0.29) is 5.56 Å². The average Bonchev–Trinajstić information content (AvgIpc) is 3.29. The van der Waals surface area contributed by atoms with Gasteiger partial charge in [-0.3, -0.25) is 14.3 Å². The average molecular weight is 406 g/mol. The van der Waals surface area contributed by atoms with Crippen LogP contribution < -0.4 is 10.3 Å².